The first-order valence-corrected chi connectivity index (χ1v) is 10.5. The number of anilines is 1. The quantitative estimate of drug-likeness (QED) is 0.407. The number of carbonyl (C=O) groups is 1. The molecule has 0 bridgehead atoms. The minimum Gasteiger partial charge on any atom is -0.449 e. The third-order valence-corrected chi connectivity index (χ3v) is 4.73. The number of nitrogens with zero attached hydrogens (tertiary/aromatic N) is 4. The number of hydrogen-bond acceptors (Lipinski definition) is 7. The van der Waals surface area contributed by atoms with Gasteiger partial charge in [0.2, 0.25) is 0 Å². The van der Waals surface area contributed by atoms with Crippen molar-refractivity contribution in [3.63, 3.8) is 0 Å². The highest BCUT2D eigenvalue weighted by atomic mass is 19.1. The average Bonchev–Trinajstić information content (AvgIpc) is 3.21. The normalized spacial score (nSPS) is 13.0. The number of aliphatic hydroxyl groups is 2. The molecule has 1 aromatic carbocycles. The van der Waals surface area contributed by atoms with E-state index in [2.05, 4.69) is 15.5 Å². The van der Waals surface area contributed by atoms with Crippen molar-refractivity contribution < 1.29 is 28.5 Å². The first kappa shape index (κ1) is 25.0. The first-order valence-electron chi connectivity index (χ1n) is 10.5. The summed E-state index contributed by atoms with van der Waals surface area (Å²) in [5.41, 5.74) is -0.702. The fraction of sp³-hybridized carbons (Fsp3) is 0.364. The SMILES string of the molecule is CC(C)C[C@H](C(=O)Nc1ccn(C[C@@H](O)CO)n1)n1ncc(Oc2c(F)cccc2F)cc1=O. The molecule has 2 heterocycles. The van der Waals surface area contributed by atoms with Crippen LogP contribution in [0.3, 0.4) is 0 Å². The Morgan fingerprint density at radius 3 is 2.56 bits per heavy atom. The standard InChI is InChI=1S/C22H25F2N5O5/c1-13(2)8-18(22(33)26-19-6-7-28(27-19)11-14(31)12-30)29-20(32)9-15(10-25-29)34-21-16(23)4-3-5-17(21)24/h3-7,9-10,13-14,18,30-31H,8,11-12H2,1-2H3,(H,26,27,33)/t14-,18-/m1/s1. The van der Waals surface area contributed by atoms with Gasteiger partial charge in [-0.2, -0.15) is 10.2 Å². The van der Waals surface area contributed by atoms with E-state index in [1.807, 2.05) is 13.8 Å². The number of ether oxygens (including phenoxy) is 1. The van der Waals surface area contributed by atoms with Crippen LogP contribution in [0.1, 0.15) is 26.3 Å². The summed E-state index contributed by atoms with van der Waals surface area (Å²) in [6, 6.07) is 4.71. The van der Waals surface area contributed by atoms with Gasteiger partial charge in [0, 0.05) is 18.3 Å². The summed E-state index contributed by atoms with van der Waals surface area (Å²) < 4.78 is 35.2. The molecular formula is C22H25F2N5O5. The molecule has 10 nitrogen and oxygen atoms in total. The molecule has 0 aliphatic carbocycles. The molecule has 0 aliphatic heterocycles. The van der Waals surface area contributed by atoms with Crippen molar-refractivity contribution in [2.75, 3.05) is 11.9 Å². The van der Waals surface area contributed by atoms with Crippen molar-refractivity contribution in [3.8, 4) is 11.5 Å². The van der Waals surface area contributed by atoms with Crippen molar-refractivity contribution in [3.05, 3.63) is 64.7 Å². The Hall–Kier alpha value is -3.64. The van der Waals surface area contributed by atoms with Gasteiger partial charge in [0.25, 0.3) is 11.5 Å². The highest BCUT2D eigenvalue weighted by molar-refractivity contribution is 5.92. The molecule has 12 heteroatoms. The van der Waals surface area contributed by atoms with E-state index in [-0.39, 0.29) is 30.5 Å². The van der Waals surface area contributed by atoms with Gasteiger partial charge in [-0.3, -0.25) is 14.3 Å². The molecule has 2 aromatic heterocycles. The number of nitrogens with one attached hydrogen (secondary N) is 1. The van der Waals surface area contributed by atoms with Gasteiger partial charge in [0.05, 0.1) is 25.5 Å². The zero-order chi connectivity index (χ0) is 24.8. The number of carbonyl (C=O) groups excluding carboxylic acids is 1. The Morgan fingerprint density at radius 1 is 1.24 bits per heavy atom. The highest BCUT2D eigenvalue weighted by Crippen LogP contribution is 2.26. The van der Waals surface area contributed by atoms with Gasteiger partial charge < -0.3 is 20.3 Å². The van der Waals surface area contributed by atoms with Crippen molar-refractivity contribution in [2.45, 2.75) is 39.0 Å². The maximum atomic E-state index is 13.8. The number of halogens is 2. The van der Waals surface area contributed by atoms with Crippen molar-refractivity contribution in [1.82, 2.24) is 19.6 Å². The molecule has 3 rings (SSSR count). The number of aliphatic hydroxyl groups excluding tert-OH is 2. The van der Waals surface area contributed by atoms with Gasteiger partial charge in [0.1, 0.15) is 6.04 Å². The summed E-state index contributed by atoms with van der Waals surface area (Å²) in [7, 11) is 0. The van der Waals surface area contributed by atoms with Crippen LogP contribution in [0, 0.1) is 17.6 Å². The molecule has 0 spiro atoms. The topological polar surface area (TPSA) is 132 Å². The summed E-state index contributed by atoms with van der Waals surface area (Å²) >= 11 is 0. The number of aromatic nitrogens is 4. The Morgan fingerprint density at radius 2 is 1.94 bits per heavy atom. The molecule has 0 radical (unpaired) electrons. The lowest BCUT2D eigenvalue weighted by Crippen LogP contribution is -2.35. The Labute approximate surface area is 193 Å². The van der Waals surface area contributed by atoms with E-state index < -0.39 is 47.6 Å². The summed E-state index contributed by atoms with van der Waals surface area (Å²) in [6.07, 6.45) is 1.88. The third-order valence-electron chi connectivity index (χ3n) is 4.73. The number of rotatable bonds is 10. The van der Waals surface area contributed by atoms with Gasteiger partial charge in [-0.25, -0.2) is 13.5 Å². The predicted molar refractivity (Wildman–Crippen MR) is 117 cm³/mol. The second-order valence-corrected chi connectivity index (χ2v) is 8.02. The lowest BCUT2D eigenvalue weighted by molar-refractivity contribution is -0.120. The molecule has 3 N–H and O–H groups in total. The Balaban J connectivity index is 1.80. The summed E-state index contributed by atoms with van der Waals surface area (Å²) in [4.78, 5) is 25.7. The van der Waals surface area contributed by atoms with Crippen LogP contribution >= 0.6 is 0 Å². The molecule has 0 saturated heterocycles. The zero-order valence-corrected chi connectivity index (χ0v) is 18.6. The van der Waals surface area contributed by atoms with E-state index in [0.717, 1.165) is 29.1 Å². The average molecular weight is 477 g/mol. The van der Waals surface area contributed by atoms with Crippen LogP contribution in [-0.2, 0) is 11.3 Å². The summed E-state index contributed by atoms with van der Waals surface area (Å²) in [6.45, 7) is 3.34. The number of amides is 1. The smallest absolute Gasteiger partial charge is 0.271 e. The fourth-order valence-electron chi connectivity index (χ4n) is 3.17. The van der Waals surface area contributed by atoms with Crippen LogP contribution in [-0.4, -0.2) is 48.4 Å². The first-order chi connectivity index (χ1) is 16.2. The fourth-order valence-corrected chi connectivity index (χ4v) is 3.17. The largest absolute Gasteiger partial charge is 0.449 e. The molecule has 182 valence electrons. The molecule has 1 amide bonds. The van der Waals surface area contributed by atoms with Gasteiger partial charge in [-0.1, -0.05) is 19.9 Å². The van der Waals surface area contributed by atoms with Gasteiger partial charge >= 0.3 is 0 Å². The molecule has 3 aromatic rings. The minimum absolute atomic E-state index is 0.0187. The lowest BCUT2D eigenvalue weighted by Gasteiger charge is -2.19. The maximum Gasteiger partial charge on any atom is 0.271 e. The third kappa shape index (κ3) is 6.23. The predicted octanol–water partition coefficient (Wildman–Crippen LogP) is 2.09. The highest BCUT2D eigenvalue weighted by Gasteiger charge is 2.25. The summed E-state index contributed by atoms with van der Waals surface area (Å²) in [5, 5.41) is 29.2. The second-order valence-electron chi connectivity index (χ2n) is 8.02. The van der Waals surface area contributed by atoms with Crippen molar-refractivity contribution in [2.24, 2.45) is 5.92 Å². The van der Waals surface area contributed by atoms with E-state index in [1.54, 1.807) is 0 Å². The Kier molecular flexibility index (Phi) is 8.08. The van der Waals surface area contributed by atoms with Gasteiger partial charge in [-0.05, 0) is 24.5 Å². The molecule has 0 unspecified atom stereocenters. The number of para-hydroxylation sites is 1. The molecule has 0 fully saturated rings. The van der Waals surface area contributed by atoms with E-state index in [0.29, 0.717) is 0 Å². The van der Waals surface area contributed by atoms with E-state index in [4.69, 9.17) is 9.84 Å². The molecule has 0 saturated carbocycles. The van der Waals surface area contributed by atoms with E-state index in [9.17, 15) is 23.5 Å². The Bertz CT molecular complexity index is 1180. The minimum atomic E-state index is -1.00. The number of hydrogen-bond donors (Lipinski definition) is 3. The van der Waals surface area contributed by atoms with Gasteiger partial charge in [-0.15, -0.1) is 0 Å². The maximum absolute atomic E-state index is 13.8. The van der Waals surface area contributed by atoms with Gasteiger partial charge in [0.15, 0.2) is 29.0 Å². The lowest BCUT2D eigenvalue weighted by atomic mass is 10.0. The van der Waals surface area contributed by atoms with Crippen LogP contribution < -0.4 is 15.6 Å². The molecule has 2 atom stereocenters. The zero-order valence-electron chi connectivity index (χ0n) is 18.6. The second kappa shape index (κ2) is 11.0. The van der Waals surface area contributed by atoms with Crippen LogP contribution in [0.4, 0.5) is 14.6 Å². The van der Waals surface area contributed by atoms with Crippen LogP contribution in [0.2, 0.25) is 0 Å². The van der Waals surface area contributed by atoms with E-state index >= 15 is 0 Å². The number of benzene rings is 1. The molecule has 34 heavy (non-hydrogen) atoms. The van der Waals surface area contributed by atoms with E-state index in [1.165, 1.54) is 23.0 Å². The van der Waals surface area contributed by atoms with Crippen LogP contribution in [0.25, 0.3) is 0 Å². The monoisotopic (exact) mass is 477 g/mol. The molecule has 0 aliphatic rings. The van der Waals surface area contributed by atoms with Crippen molar-refractivity contribution >= 4 is 11.7 Å². The molecular weight excluding hydrogens is 452 g/mol. The summed E-state index contributed by atoms with van der Waals surface area (Å²) in [5.74, 6) is -3.07. The van der Waals surface area contributed by atoms with Crippen LogP contribution in [0.15, 0.2) is 47.5 Å². The van der Waals surface area contributed by atoms with Crippen molar-refractivity contribution in [1.29, 1.82) is 0 Å². The van der Waals surface area contributed by atoms with Crippen LogP contribution in [0.5, 0.6) is 11.5 Å².